The van der Waals surface area contributed by atoms with Crippen molar-refractivity contribution in [2.75, 3.05) is 31.7 Å². The van der Waals surface area contributed by atoms with Gasteiger partial charge in [0.2, 0.25) is 0 Å². The first-order valence-electron chi connectivity index (χ1n) is 11.0. The summed E-state index contributed by atoms with van der Waals surface area (Å²) in [6, 6.07) is 13.1. The van der Waals surface area contributed by atoms with Crippen LogP contribution in [-0.4, -0.2) is 55.1 Å². The van der Waals surface area contributed by atoms with E-state index in [-0.39, 0.29) is 0 Å². The van der Waals surface area contributed by atoms with E-state index >= 15 is 0 Å². The Hall–Kier alpha value is -4.08. The Kier molecular flexibility index (Phi) is 6.67. The Morgan fingerprint density at radius 3 is 2.56 bits per heavy atom. The van der Waals surface area contributed by atoms with E-state index in [2.05, 4.69) is 10.6 Å². The molecule has 34 heavy (non-hydrogen) atoms. The van der Waals surface area contributed by atoms with Gasteiger partial charge in [0.05, 0.1) is 13.2 Å². The Bertz CT molecular complexity index is 1110. The smallest absolute Gasteiger partial charge is 0.326 e. The molecular weight excluding hydrogens is 442 g/mol. The highest BCUT2D eigenvalue weighted by Gasteiger charge is 2.51. The summed E-state index contributed by atoms with van der Waals surface area (Å²) in [6.07, 6.45) is 1.07. The van der Waals surface area contributed by atoms with Crippen molar-refractivity contribution in [3.8, 4) is 11.5 Å². The molecule has 2 heterocycles. The lowest BCUT2D eigenvalue weighted by molar-refractivity contribution is -0.150. The molecule has 0 radical (unpaired) electrons. The summed E-state index contributed by atoms with van der Waals surface area (Å²) in [4.78, 5) is 50.9. The van der Waals surface area contributed by atoms with Crippen LogP contribution in [0.3, 0.4) is 0 Å². The van der Waals surface area contributed by atoms with Crippen molar-refractivity contribution in [3.63, 3.8) is 0 Å². The zero-order chi connectivity index (χ0) is 24.1. The van der Waals surface area contributed by atoms with Gasteiger partial charge in [-0.2, -0.15) is 0 Å². The van der Waals surface area contributed by atoms with Crippen LogP contribution >= 0.6 is 0 Å². The fourth-order valence-electron chi connectivity index (χ4n) is 3.89. The third-order valence-electron chi connectivity index (χ3n) is 5.66. The highest BCUT2D eigenvalue weighted by molar-refractivity contribution is 6.09. The Morgan fingerprint density at radius 2 is 1.82 bits per heavy atom. The number of urea groups is 1. The van der Waals surface area contributed by atoms with Crippen LogP contribution in [0.15, 0.2) is 48.5 Å². The van der Waals surface area contributed by atoms with Gasteiger partial charge in [-0.25, -0.2) is 4.79 Å². The van der Waals surface area contributed by atoms with E-state index in [1.165, 1.54) is 0 Å². The lowest BCUT2D eigenvalue weighted by Gasteiger charge is -2.25. The van der Waals surface area contributed by atoms with Crippen molar-refractivity contribution in [2.24, 2.45) is 0 Å². The fourth-order valence-corrected chi connectivity index (χ4v) is 3.89. The topological polar surface area (TPSA) is 123 Å². The Morgan fingerprint density at radius 1 is 1.09 bits per heavy atom. The highest BCUT2D eigenvalue weighted by Crippen LogP contribution is 2.33. The molecule has 4 rings (SSSR count). The van der Waals surface area contributed by atoms with Crippen molar-refractivity contribution in [1.82, 2.24) is 10.2 Å². The molecular formula is C24H25N3O7. The van der Waals surface area contributed by atoms with Gasteiger partial charge in [-0.15, -0.1) is 0 Å². The van der Waals surface area contributed by atoms with Gasteiger partial charge in [0.15, 0.2) is 18.1 Å². The van der Waals surface area contributed by atoms with Gasteiger partial charge in [0.1, 0.15) is 12.1 Å². The van der Waals surface area contributed by atoms with Crippen molar-refractivity contribution < 1.29 is 33.4 Å². The third-order valence-corrected chi connectivity index (χ3v) is 5.66. The molecule has 2 aliphatic rings. The number of carbonyl (C=O) groups is 4. The first kappa shape index (κ1) is 23.1. The average molecular weight is 467 g/mol. The molecule has 2 aromatic rings. The number of anilines is 1. The summed E-state index contributed by atoms with van der Waals surface area (Å²) in [5.74, 6) is -0.887. The van der Waals surface area contributed by atoms with Crippen molar-refractivity contribution >= 4 is 29.5 Å². The normalized spacial score (nSPS) is 19.3. The highest BCUT2D eigenvalue weighted by atomic mass is 16.5. The molecule has 2 aromatic carbocycles. The maximum absolute atomic E-state index is 13.1. The zero-order valence-corrected chi connectivity index (χ0v) is 18.7. The Balaban J connectivity index is 1.32. The zero-order valence-electron chi connectivity index (χ0n) is 18.7. The molecule has 0 bridgehead atoms. The van der Waals surface area contributed by atoms with Crippen molar-refractivity contribution in [3.05, 3.63) is 54.1 Å². The lowest BCUT2D eigenvalue weighted by atomic mass is 9.87. The quantitative estimate of drug-likeness (QED) is 0.473. The van der Waals surface area contributed by atoms with Gasteiger partial charge in [0, 0.05) is 18.2 Å². The van der Waals surface area contributed by atoms with Crippen molar-refractivity contribution in [2.45, 2.75) is 25.3 Å². The summed E-state index contributed by atoms with van der Waals surface area (Å²) in [6.45, 7) is 1.66. The van der Waals surface area contributed by atoms with E-state index in [1.807, 2.05) is 0 Å². The largest absolute Gasteiger partial charge is 0.490 e. The first-order valence-corrected chi connectivity index (χ1v) is 11.0. The molecule has 10 heteroatoms. The maximum Gasteiger partial charge on any atom is 0.326 e. The van der Waals surface area contributed by atoms with Crippen LogP contribution in [0.5, 0.6) is 11.5 Å². The molecule has 178 valence electrons. The molecule has 1 saturated heterocycles. The van der Waals surface area contributed by atoms with Crippen LogP contribution in [0.2, 0.25) is 0 Å². The van der Waals surface area contributed by atoms with E-state index in [1.54, 1.807) is 55.5 Å². The van der Waals surface area contributed by atoms with Crippen LogP contribution in [0.25, 0.3) is 0 Å². The summed E-state index contributed by atoms with van der Waals surface area (Å²) in [5.41, 5.74) is -0.163. The van der Waals surface area contributed by atoms with E-state index in [0.29, 0.717) is 42.4 Å². The van der Waals surface area contributed by atoms with E-state index < -0.39 is 42.5 Å². The number of carbonyl (C=O) groups excluding carboxylic acids is 4. The standard InChI is InChI=1S/C24H25N3O7/c1-2-24(16-7-4-3-5-8-16)22(30)27(23(31)26-24)14-21(29)34-15-20(28)25-17-9-10-18-19(13-17)33-12-6-11-32-18/h3-5,7-10,13H,2,6,11-12,14-15H2,1H3,(H,25,28)(H,26,31). The van der Waals surface area contributed by atoms with Crippen LogP contribution in [0.4, 0.5) is 10.5 Å². The maximum atomic E-state index is 13.1. The number of benzene rings is 2. The van der Waals surface area contributed by atoms with E-state index in [4.69, 9.17) is 14.2 Å². The number of amides is 4. The molecule has 2 N–H and O–H groups in total. The number of nitrogens with one attached hydrogen (secondary N) is 2. The predicted octanol–water partition coefficient (Wildman–Crippen LogP) is 2.19. The number of ether oxygens (including phenoxy) is 3. The van der Waals surface area contributed by atoms with E-state index in [9.17, 15) is 19.2 Å². The fraction of sp³-hybridized carbons (Fsp3) is 0.333. The summed E-state index contributed by atoms with van der Waals surface area (Å²) < 4.78 is 16.1. The number of hydrogen-bond acceptors (Lipinski definition) is 7. The molecule has 1 fully saturated rings. The molecule has 0 aromatic heterocycles. The minimum Gasteiger partial charge on any atom is -0.490 e. The monoisotopic (exact) mass is 467 g/mol. The van der Waals surface area contributed by atoms with Gasteiger partial charge >= 0.3 is 12.0 Å². The SMILES string of the molecule is CCC1(c2ccccc2)NC(=O)N(CC(=O)OCC(=O)Nc2ccc3c(c2)OCCCO3)C1=O. The number of nitrogens with zero attached hydrogens (tertiary/aromatic N) is 1. The number of esters is 1. The second kappa shape index (κ2) is 9.82. The van der Waals surface area contributed by atoms with Crippen LogP contribution in [0.1, 0.15) is 25.3 Å². The molecule has 0 aliphatic carbocycles. The predicted molar refractivity (Wildman–Crippen MR) is 120 cm³/mol. The molecule has 10 nitrogen and oxygen atoms in total. The number of rotatable bonds is 7. The van der Waals surface area contributed by atoms with Gasteiger partial charge in [-0.1, -0.05) is 37.3 Å². The van der Waals surface area contributed by atoms with Crippen LogP contribution < -0.4 is 20.1 Å². The molecule has 1 atom stereocenters. The molecule has 0 spiro atoms. The van der Waals surface area contributed by atoms with Gasteiger partial charge in [0.25, 0.3) is 11.8 Å². The number of hydrogen-bond donors (Lipinski definition) is 2. The number of fused-ring (bicyclic) bond motifs is 1. The van der Waals surface area contributed by atoms with Gasteiger partial charge < -0.3 is 24.8 Å². The minimum atomic E-state index is -1.24. The van der Waals surface area contributed by atoms with Crippen LogP contribution in [-0.2, 0) is 24.7 Å². The lowest BCUT2D eigenvalue weighted by Crippen LogP contribution is -2.44. The molecule has 4 amide bonds. The molecule has 2 aliphatic heterocycles. The summed E-state index contributed by atoms with van der Waals surface area (Å²) in [7, 11) is 0. The van der Waals surface area contributed by atoms with Crippen LogP contribution in [0, 0.1) is 0 Å². The average Bonchev–Trinajstić information content (AvgIpc) is 2.99. The van der Waals surface area contributed by atoms with Gasteiger partial charge in [-0.3, -0.25) is 19.3 Å². The first-order chi connectivity index (χ1) is 16.4. The number of imide groups is 1. The molecule has 0 saturated carbocycles. The minimum absolute atomic E-state index is 0.311. The van der Waals surface area contributed by atoms with Gasteiger partial charge in [-0.05, 0) is 24.1 Å². The second-order valence-corrected chi connectivity index (χ2v) is 7.87. The van der Waals surface area contributed by atoms with E-state index in [0.717, 1.165) is 11.3 Å². The van der Waals surface area contributed by atoms with Crippen molar-refractivity contribution in [1.29, 1.82) is 0 Å². The molecule has 1 unspecified atom stereocenters. The summed E-state index contributed by atoms with van der Waals surface area (Å²) in [5, 5.41) is 5.30. The summed E-state index contributed by atoms with van der Waals surface area (Å²) >= 11 is 0. The Labute approximate surface area is 196 Å². The second-order valence-electron chi connectivity index (χ2n) is 7.87. The third kappa shape index (κ3) is 4.66.